The van der Waals surface area contributed by atoms with E-state index in [1.54, 1.807) is 7.05 Å². The van der Waals surface area contributed by atoms with Crippen LogP contribution in [0, 0.1) is 6.92 Å². The number of carbonyl (C=O) groups excluding carboxylic acids is 1. The average molecular weight is 232 g/mol. The van der Waals surface area contributed by atoms with E-state index in [9.17, 15) is 4.79 Å². The van der Waals surface area contributed by atoms with Crippen LogP contribution in [0.4, 0.5) is 4.79 Å². The van der Waals surface area contributed by atoms with Crippen molar-refractivity contribution in [2.45, 2.75) is 13.3 Å². The molecule has 5 heteroatoms. The maximum absolute atomic E-state index is 11.0. The number of rotatable bonds is 3. The molecule has 0 aliphatic heterocycles. The molecule has 0 atom stereocenters. The lowest BCUT2D eigenvalue weighted by atomic mass is 10.1. The SMILES string of the molecule is CNC(=O)NCCc1ccc2nc(C)[nH]c2c1. The second-order valence-corrected chi connectivity index (χ2v) is 3.93. The zero-order chi connectivity index (χ0) is 12.3. The number of aromatic amines is 1. The molecule has 0 unspecified atom stereocenters. The van der Waals surface area contributed by atoms with Crippen molar-refractivity contribution in [3.8, 4) is 0 Å². The van der Waals surface area contributed by atoms with E-state index in [2.05, 4.69) is 26.7 Å². The van der Waals surface area contributed by atoms with Gasteiger partial charge in [-0.25, -0.2) is 9.78 Å². The predicted octanol–water partition coefficient (Wildman–Crippen LogP) is 1.34. The maximum atomic E-state index is 11.0. The summed E-state index contributed by atoms with van der Waals surface area (Å²) in [6.45, 7) is 2.56. The Morgan fingerprint density at radius 1 is 1.47 bits per heavy atom. The molecule has 0 aliphatic rings. The Morgan fingerprint density at radius 2 is 2.29 bits per heavy atom. The standard InChI is InChI=1S/C12H16N4O/c1-8-15-10-4-3-9(7-11(10)16-8)5-6-14-12(17)13-2/h3-4,7H,5-6H2,1-2H3,(H,15,16)(H2,13,14,17). The van der Waals surface area contributed by atoms with Crippen LogP contribution in [0.5, 0.6) is 0 Å². The molecule has 1 aromatic heterocycles. The molecule has 0 fully saturated rings. The number of aryl methyl sites for hydroxylation is 1. The molecule has 2 aromatic rings. The first kappa shape index (κ1) is 11.4. The number of aromatic nitrogens is 2. The van der Waals surface area contributed by atoms with Gasteiger partial charge in [0.2, 0.25) is 0 Å². The van der Waals surface area contributed by atoms with E-state index < -0.39 is 0 Å². The van der Waals surface area contributed by atoms with Crippen LogP contribution in [-0.4, -0.2) is 29.6 Å². The van der Waals surface area contributed by atoms with E-state index >= 15 is 0 Å². The largest absolute Gasteiger partial charge is 0.342 e. The van der Waals surface area contributed by atoms with E-state index in [1.165, 1.54) is 5.56 Å². The van der Waals surface area contributed by atoms with Gasteiger partial charge in [0.25, 0.3) is 0 Å². The molecule has 0 saturated heterocycles. The summed E-state index contributed by atoms with van der Waals surface area (Å²) in [7, 11) is 1.61. The zero-order valence-electron chi connectivity index (χ0n) is 10.0. The van der Waals surface area contributed by atoms with E-state index in [0.29, 0.717) is 6.54 Å². The van der Waals surface area contributed by atoms with Gasteiger partial charge in [0, 0.05) is 13.6 Å². The molecule has 0 spiro atoms. The van der Waals surface area contributed by atoms with Crippen LogP contribution in [0.3, 0.4) is 0 Å². The minimum absolute atomic E-state index is 0.150. The van der Waals surface area contributed by atoms with Crippen LogP contribution in [0.15, 0.2) is 18.2 Å². The summed E-state index contributed by atoms with van der Waals surface area (Å²) in [5.74, 6) is 0.917. The Kier molecular flexibility index (Phi) is 3.27. The van der Waals surface area contributed by atoms with Gasteiger partial charge in [-0.1, -0.05) is 6.07 Å². The highest BCUT2D eigenvalue weighted by Crippen LogP contribution is 2.13. The van der Waals surface area contributed by atoms with Crippen LogP contribution < -0.4 is 10.6 Å². The van der Waals surface area contributed by atoms with Crippen molar-refractivity contribution >= 4 is 17.1 Å². The lowest BCUT2D eigenvalue weighted by Crippen LogP contribution is -2.33. The number of urea groups is 1. The molecule has 90 valence electrons. The first-order chi connectivity index (χ1) is 8.19. The monoisotopic (exact) mass is 232 g/mol. The second kappa shape index (κ2) is 4.86. The highest BCUT2D eigenvalue weighted by Gasteiger charge is 2.01. The molecule has 0 radical (unpaired) electrons. The van der Waals surface area contributed by atoms with Gasteiger partial charge in [0.15, 0.2) is 0 Å². The van der Waals surface area contributed by atoms with E-state index in [0.717, 1.165) is 23.3 Å². The molecule has 0 bridgehead atoms. The van der Waals surface area contributed by atoms with Crippen LogP contribution in [0.2, 0.25) is 0 Å². The molecule has 2 rings (SSSR count). The number of hydrogen-bond acceptors (Lipinski definition) is 2. The number of carbonyl (C=O) groups is 1. The third-order valence-electron chi connectivity index (χ3n) is 2.59. The fourth-order valence-corrected chi connectivity index (χ4v) is 1.75. The van der Waals surface area contributed by atoms with E-state index in [4.69, 9.17) is 0 Å². The number of hydrogen-bond donors (Lipinski definition) is 3. The average Bonchev–Trinajstić information content (AvgIpc) is 2.68. The summed E-state index contributed by atoms with van der Waals surface area (Å²) in [5, 5.41) is 5.28. The molecule has 3 N–H and O–H groups in total. The van der Waals surface area contributed by atoms with Crippen molar-refractivity contribution in [3.63, 3.8) is 0 Å². The molecular weight excluding hydrogens is 216 g/mol. The molecule has 5 nitrogen and oxygen atoms in total. The quantitative estimate of drug-likeness (QED) is 0.747. The summed E-state index contributed by atoms with van der Waals surface area (Å²) in [4.78, 5) is 18.5. The number of fused-ring (bicyclic) bond motifs is 1. The van der Waals surface area contributed by atoms with Crippen LogP contribution in [0.1, 0.15) is 11.4 Å². The van der Waals surface area contributed by atoms with Crippen molar-refractivity contribution in [2.75, 3.05) is 13.6 Å². The van der Waals surface area contributed by atoms with Gasteiger partial charge in [-0.3, -0.25) is 0 Å². The lowest BCUT2D eigenvalue weighted by Gasteiger charge is -2.04. The fourth-order valence-electron chi connectivity index (χ4n) is 1.75. The Balaban J connectivity index is 2.01. The Hall–Kier alpha value is -2.04. The van der Waals surface area contributed by atoms with Crippen molar-refractivity contribution in [3.05, 3.63) is 29.6 Å². The van der Waals surface area contributed by atoms with Gasteiger partial charge in [-0.05, 0) is 31.0 Å². The summed E-state index contributed by atoms with van der Waals surface area (Å²) < 4.78 is 0. The highest BCUT2D eigenvalue weighted by atomic mass is 16.2. The van der Waals surface area contributed by atoms with E-state index in [-0.39, 0.29) is 6.03 Å². The number of nitrogens with zero attached hydrogens (tertiary/aromatic N) is 1. The van der Waals surface area contributed by atoms with Gasteiger partial charge in [-0.2, -0.15) is 0 Å². The van der Waals surface area contributed by atoms with Gasteiger partial charge in [-0.15, -0.1) is 0 Å². The third kappa shape index (κ3) is 2.75. The van der Waals surface area contributed by atoms with Crippen LogP contribution in [-0.2, 0) is 6.42 Å². The highest BCUT2D eigenvalue weighted by molar-refractivity contribution is 5.76. The molecule has 0 saturated carbocycles. The van der Waals surface area contributed by atoms with E-state index in [1.807, 2.05) is 19.1 Å². The Labute approximate surface area is 99.6 Å². The Bertz CT molecular complexity index is 532. The lowest BCUT2D eigenvalue weighted by molar-refractivity contribution is 0.243. The number of benzene rings is 1. The molecule has 2 amide bonds. The van der Waals surface area contributed by atoms with Crippen molar-refractivity contribution < 1.29 is 4.79 Å². The van der Waals surface area contributed by atoms with Crippen molar-refractivity contribution in [1.82, 2.24) is 20.6 Å². The maximum Gasteiger partial charge on any atom is 0.314 e. The Morgan fingerprint density at radius 3 is 3.06 bits per heavy atom. The smallest absolute Gasteiger partial charge is 0.314 e. The molecular formula is C12H16N4O. The minimum Gasteiger partial charge on any atom is -0.342 e. The first-order valence-corrected chi connectivity index (χ1v) is 5.60. The summed E-state index contributed by atoms with van der Waals surface area (Å²) in [5.41, 5.74) is 3.20. The first-order valence-electron chi connectivity index (χ1n) is 5.60. The fraction of sp³-hybridized carbons (Fsp3) is 0.333. The summed E-state index contributed by atoms with van der Waals surface area (Å²) in [6, 6.07) is 5.95. The number of nitrogens with one attached hydrogen (secondary N) is 3. The topological polar surface area (TPSA) is 69.8 Å². The summed E-state index contributed by atoms with van der Waals surface area (Å²) >= 11 is 0. The number of imidazole rings is 1. The molecule has 1 aromatic carbocycles. The minimum atomic E-state index is -0.150. The second-order valence-electron chi connectivity index (χ2n) is 3.93. The zero-order valence-corrected chi connectivity index (χ0v) is 10.0. The molecule has 0 aliphatic carbocycles. The predicted molar refractivity (Wildman–Crippen MR) is 67.0 cm³/mol. The third-order valence-corrected chi connectivity index (χ3v) is 2.59. The molecule has 1 heterocycles. The van der Waals surface area contributed by atoms with Gasteiger partial charge in [0.1, 0.15) is 5.82 Å². The summed E-state index contributed by atoms with van der Waals surface area (Å²) in [6.07, 6.45) is 0.807. The number of amides is 2. The van der Waals surface area contributed by atoms with Gasteiger partial charge >= 0.3 is 6.03 Å². The van der Waals surface area contributed by atoms with Crippen molar-refractivity contribution in [2.24, 2.45) is 0 Å². The van der Waals surface area contributed by atoms with Gasteiger partial charge in [0.05, 0.1) is 11.0 Å². The molecule has 17 heavy (non-hydrogen) atoms. The van der Waals surface area contributed by atoms with Crippen LogP contribution >= 0.6 is 0 Å². The van der Waals surface area contributed by atoms with Crippen LogP contribution in [0.25, 0.3) is 11.0 Å². The van der Waals surface area contributed by atoms with Crippen molar-refractivity contribution in [1.29, 1.82) is 0 Å². The van der Waals surface area contributed by atoms with Gasteiger partial charge < -0.3 is 15.6 Å². The number of H-pyrrole nitrogens is 1. The normalized spacial score (nSPS) is 10.5.